The number of carbonyl (C=O) groups excluding carboxylic acids is 2. The Morgan fingerprint density at radius 2 is 1.91 bits per heavy atom. The second kappa shape index (κ2) is 10.5. The lowest BCUT2D eigenvalue weighted by molar-refractivity contribution is -0.148. The van der Waals surface area contributed by atoms with Gasteiger partial charge < -0.3 is 10.1 Å². The molecule has 0 rings (SSSR count). The highest BCUT2D eigenvalue weighted by molar-refractivity contribution is 7.48. The molecule has 0 aliphatic rings. The van der Waals surface area contributed by atoms with Crippen molar-refractivity contribution in [3.05, 3.63) is 12.7 Å². The number of phosphoric ester groups is 1. The summed E-state index contributed by atoms with van der Waals surface area (Å²) in [6.45, 7) is 9.14. The van der Waals surface area contributed by atoms with Crippen LogP contribution < -0.4 is 5.32 Å². The summed E-state index contributed by atoms with van der Waals surface area (Å²) in [6, 6.07) is -0.692. The van der Waals surface area contributed by atoms with E-state index in [9.17, 15) is 14.2 Å². The SMILES string of the molecule is C=CCOP(=O)(OCC)OC[C@H](NC(C)=O)[C@H](C)OC(C)=O. The summed E-state index contributed by atoms with van der Waals surface area (Å²) < 4.78 is 32.5. The molecule has 1 amide bonds. The van der Waals surface area contributed by atoms with Gasteiger partial charge in [-0.25, -0.2) is 4.57 Å². The molecule has 0 heterocycles. The molecule has 9 heteroatoms. The van der Waals surface area contributed by atoms with Crippen molar-refractivity contribution in [1.82, 2.24) is 5.32 Å². The van der Waals surface area contributed by atoms with E-state index in [0.29, 0.717) is 0 Å². The molecule has 0 aromatic carbocycles. The highest BCUT2D eigenvalue weighted by atomic mass is 31.2. The van der Waals surface area contributed by atoms with Gasteiger partial charge in [0.1, 0.15) is 6.10 Å². The van der Waals surface area contributed by atoms with Crippen LogP contribution in [-0.2, 0) is 32.5 Å². The first-order chi connectivity index (χ1) is 10.2. The van der Waals surface area contributed by atoms with Crippen LogP contribution in [0.2, 0.25) is 0 Å². The highest BCUT2D eigenvalue weighted by Gasteiger charge is 2.30. The van der Waals surface area contributed by atoms with Crippen LogP contribution in [0.4, 0.5) is 0 Å². The van der Waals surface area contributed by atoms with Crippen molar-refractivity contribution in [2.24, 2.45) is 0 Å². The zero-order chi connectivity index (χ0) is 17.2. The van der Waals surface area contributed by atoms with Gasteiger partial charge in [-0.3, -0.25) is 23.2 Å². The molecule has 0 aromatic rings. The molecule has 1 unspecified atom stereocenters. The summed E-state index contributed by atoms with van der Waals surface area (Å²) in [7, 11) is -3.77. The van der Waals surface area contributed by atoms with Gasteiger partial charge in [-0.1, -0.05) is 6.08 Å². The van der Waals surface area contributed by atoms with Crippen molar-refractivity contribution in [2.45, 2.75) is 39.8 Å². The second-order valence-corrected chi connectivity index (χ2v) is 6.04. The van der Waals surface area contributed by atoms with Gasteiger partial charge in [0.15, 0.2) is 0 Å². The Kier molecular flexibility index (Phi) is 9.93. The Hall–Kier alpha value is -1.21. The van der Waals surface area contributed by atoms with E-state index in [2.05, 4.69) is 11.9 Å². The molecule has 1 N–H and O–H groups in total. The van der Waals surface area contributed by atoms with Crippen molar-refractivity contribution in [3.63, 3.8) is 0 Å². The van der Waals surface area contributed by atoms with Gasteiger partial charge in [-0.2, -0.15) is 0 Å². The van der Waals surface area contributed by atoms with E-state index in [4.69, 9.17) is 18.3 Å². The van der Waals surface area contributed by atoms with Gasteiger partial charge in [0, 0.05) is 13.8 Å². The van der Waals surface area contributed by atoms with Crippen LogP contribution >= 0.6 is 7.82 Å². The predicted molar refractivity (Wildman–Crippen MR) is 80.2 cm³/mol. The second-order valence-electron chi connectivity index (χ2n) is 4.37. The van der Waals surface area contributed by atoms with Gasteiger partial charge in [0.25, 0.3) is 0 Å². The number of phosphoric acid groups is 1. The number of hydrogen-bond donors (Lipinski definition) is 1. The lowest BCUT2D eigenvalue weighted by atomic mass is 10.2. The molecule has 0 saturated heterocycles. The zero-order valence-corrected chi connectivity index (χ0v) is 14.3. The number of hydrogen-bond acceptors (Lipinski definition) is 7. The first kappa shape index (κ1) is 20.8. The maximum atomic E-state index is 12.3. The highest BCUT2D eigenvalue weighted by Crippen LogP contribution is 2.49. The van der Waals surface area contributed by atoms with E-state index in [1.807, 2.05) is 0 Å². The topological polar surface area (TPSA) is 100 Å². The number of rotatable bonds is 11. The van der Waals surface area contributed by atoms with Crippen LogP contribution in [0.15, 0.2) is 12.7 Å². The Balaban J connectivity index is 4.81. The van der Waals surface area contributed by atoms with Crippen molar-refractivity contribution in [3.8, 4) is 0 Å². The minimum absolute atomic E-state index is 0.0123. The summed E-state index contributed by atoms with van der Waals surface area (Å²) in [4.78, 5) is 22.2. The van der Waals surface area contributed by atoms with E-state index < -0.39 is 25.9 Å². The van der Waals surface area contributed by atoms with Crippen molar-refractivity contribution in [2.75, 3.05) is 19.8 Å². The van der Waals surface area contributed by atoms with Gasteiger partial charge in [0.05, 0.1) is 25.9 Å². The molecule has 3 atom stereocenters. The molecule has 0 saturated carbocycles. The first-order valence-corrected chi connectivity index (χ1v) is 8.29. The zero-order valence-electron chi connectivity index (χ0n) is 13.4. The Bertz CT molecular complexity index is 427. The molecule has 0 aromatic heterocycles. The largest absolute Gasteiger partial charge is 0.475 e. The van der Waals surface area contributed by atoms with Crippen molar-refractivity contribution < 1.29 is 32.5 Å². The van der Waals surface area contributed by atoms with Crippen LogP contribution in [0, 0.1) is 0 Å². The molecule has 0 spiro atoms. The Labute approximate surface area is 130 Å². The van der Waals surface area contributed by atoms with Gasteiger partial charge >= 0.3 is 13.8 Å². The van der Waals surface area contributed by atoms with Crippen LogP contribution in [0.25, 0.3) is 0 Å². The molecule has 0 fully saturated rings. The predicted octanol–water partition coefficient (Wildman–Crippen LogP) is 1.81. The van der Waals surface area contributed by atoms with E-state index in [0.717, 1.165) is 0 Å². The third kappa shape index (κ3) is 8.94. The van der Waals surface area contributed by atoms with E-state index >= 15 is 0 Å². The average Bonchev–Trinajstić information content (AvgIpc) is 2.40. The summed E-state index contributed by atoms with van der Waals surface area (Å²) in [5.74, 6) is -0.843. The minimum atomic E-state index is -3.77. The average molecular weight is 337 g/mol. The minimum Gasteiger partial charge on any atom is -0.461 e. The van der Waals surface area contributed by atoms with E-state index in [-0.39, 0.29) is 25.7 Å². The molecular formula is C13H24NO7P. The third-order valence-electron chi connectivity index (χ3n) is 2.36. The summed E-state index contributed by atoms with van der Waals surface area (Å²) >= 11 is 0. The standard InChI is InChI=1S/C13H24NO7P/c1-6-8-19-22(17,18-7-2)20-9-13(14-11(4)15)10(3)21-12(5)16/h6,10,13H,1,7-9H2,2-5H3,(H,14,15)/t10-,13-,22?/m0/s1. The van der Waals surface area contributed by atoms with Gasteiger partial charge in [0.2, 0.25) is 5.91 Å². The first-order valence-electron chi connectivity index (χ1n) is 6.83. The fraction of sp³-hybridized carbons (Fsp3) is 0.692. The molecule has 8 nitrogen and oxygen atoms in total. The third-order valence-corrected chi connectivity index (χ3v) is 3.86. The van der Waals surface area contributed by atoms with Crippen LogP contribution in [0.5, 0.6) is 0 Å². The molecule has 22 heavy (non-hydrogen) atoms. The molecule has 0 bridgehead atoms. The number of carbonyl (C=O) groups is 2. The number of ether oxygens (including phenoxy) is 1. The lowest BCUT2D eigenvalue weighted by Gasteiger charge is -2.25. The fourth-order valence-electron chi connectivity index (χ4n) is 1.49. The number of nitrogens with one attached hydrogen (secondary N) is 1. The van der Waals surface area contributed by atoms with Crippen LogP contribution in [0.1, 0.15) is 27.7 Å². The quantitative estimate of drug-likeness (QED) is 0.348. The summed E-state index contributed by atoms with van der Waals surface area (Å²) in [6.07, 6.45) is 0.734. The maximum Gasteiger partial charge on any atom is 0.475 e. The summed E-state index contributed by atoms with van der Waals surface area (Å²) in [5, 5.41) is 2.56. The Morgan fingerprint density at radius 3 is 2.36 bits per heavy atom. The van der Waals surface area contributed by atoms with E-state index in [1.165, 1.54) is 19.9 Å². The van der Waals surface area contributed by atoms with E-state index in [1.54, 1.807) is 13.8 Å². The smallest absolute Gasteiger partial charge is 0.461 e. The number of amides is 1. The molecular weight excluding hydrogens is 313 g/mol. The Morgan fingerprint density at radius 1 is 1.27 bits per heavy atom. The van der Waals surface area contributed by atoms with Gasteiger partial charge in [-0.05, 0) is 13.8 Å². The van der Waals surface area contributed by atoms with Crippen LogP contribution in [0.3, 0.4) is 0 Å². The maximum absolute atomic E-state index is 12.3. The normalized spacial score (nSPS) is 16.2. The fourth-order valence-corrected chi connectivity index (χ4v) is 2.66. The number of esters is 1. The summed E-state index contributed by atoms with van der Waals surface area (Å²) in [5.41, 5.74) is 0. The lowest BCUT2D eigenvalue weighted by Crippen LogP contribution is -2.45. The van der Waals surface area contributed by atoms with Gasteiger partial charge in [-0.15, -0.1) is 6.58 Å². The van der Waals surface area contributed by atoms with Crippen molar-refractivity contribution in [1.29, 1.82) is 0 Å². The molecule has 0 radical (unpaired) electrons. The molecule has 0 aliphatic heterocycles. The monoisotopic (exact) mass is 337 g/mol. The molecule has 0 aliphatic carbocycles. The molecule has 128 valence electrons. The van der Waals surface area contributed by atoms with Crippen LogP contribution in [-0.4, -0.2) is 43.8 Å². The van der Waals surface area contributed by atoms with Crippen molar-refractivity contribution >= 4 is 19.7 Å².